The fourth-order valence-corrected chi connectivity index (χ4v) is 4.55. The van der Waals surface area contributed by atoms with Crippen molar-refractivity contribution in [2.45, 2.75) is 6.54 Å². The highest BCUT2D eigenvalue weighted by atomic mass is 32.2. The molecule has 1 saturated heterocycles. The molecular formula is C22H21N5O5S2. The maximum absolute atomic E-state index is 12.9. The van der Waals surface area contributed by atoms with Crippen molar-refractivity contribution in [2.24, 2.45) is 0 Å². The summed E-state index contributed by atoms with van der Waals surface area (Å²) < 4.78 is 24.6. The lowest BCUT2D eigenvalue weighted by Gasteiger charge is -2.16. The van der Waals surface area contributed by atoms with Crippen LogP contribution in [0.4, 0.5) is 15.6 Å². The van der Waals surface area contributed by atoms with Gasteiger partial charge in [-0.3, -0.25) is 24.1 Å². The standard InChI is InChI=1S/C22H21N5O5S2/c1-26(34(2,31)32)16-9-7-14(8-10-16)18-13-33-21(24-18)25-20(29)17-6-4-3-5-15(17)12-27-19(28)11-23-22(27)30/h3-10,13H,11-12H2,1-2H3,(H,23,30)(H,24,25,29). The Morgan fingerprint density at radius 2 is 1.88 bits per heavy atom. The van der Waals surface area contributed by atoms with E-state index in [1.54, 1.807) is 53.9 Å². The van der Waals surface area contributed by atoms with Crippen LogP contribution in [0, 0.1) is 0 Å². The highest BCUT2D eigenvalue weighted by molar-refractivity contribution is 7.92. The van der Waals surface area contributed by atoms with E-state index in [2.05, 4.69) is 15.6 Å². The number of urea groups is 1. The Morgan fingerprint density at radius 1 is 1.18 bits per heavy atom. The first-order chi connectivity index (χ1) is 16.1. The molecule has 0 unspecified atom stereocenters. The summed E-state index contributed by atoms with van der Waals surface area (Å²) in [5.74, 6) is -0.757. The van der Waals surface area contributed by atoms with Crippen molar-refractivity contribution < 1.29 is 22.8 Å². The Labute approximate surface area is 200 Å². The molecule has 0 bridgehead atoms. The van der Waals surface area contributed by atoms with Gasteiger partial charge in [0.2, 0.25) is 15.9 Å². The van der Waals surface area contributed by atoms with Crippen molar-refractivity contribution in [3.63, 3.8) is 0 Å². The lowest BCUT2D eigenvalue weighted by molar-refractivity contribution is -0.125. The van der Waals surface area contributed by atoms with Gasteiger partial charge >= 0.3 is 6.03 Å². The zero-order valence-electron chi connectivity index (χ0n) is 18.3. The van der Waals surface area contributed by atoms with Gasteiger partial charge in [-0.05, 0) is 23.8 Å². The van der Waals surface area contributed by atoms with Gasteiger partial charge in [-0.2, -0.15) is 0 Å². The van der Waals surface area contributed by atoms with Crippen molar-refractivity contribution in [1.29, 1.82) is 0 Å². The van der Waals surface area contributed by atoms with E-state index >= 15 is 0 Å². The molecule has 0 aliphatic carbocycles. The molecule has 1 aromatic heterocycles. The van der Waals surface area contributed by atoms with Gasteiger partial charge in [0.05, 0.1) is 30.7 Å². The number of benzene rings is 2. The maximum atomic E-state index is 12.9. The predicted molar refractivity (Wildman–Crippen MR) is 129 cm³/mol. The van der Waals surface area contributed by atoms with Crippen molar-refractivity contribution in [1.82, 2.24) is 15.2 Å². The molecule has 176 valence electrons. The van der Waals surface area contributed by atoms with E-state index in [0.717, 1.165) is 16.7 Å². The molecule has 0 radical (unpaired) electrons. The summed E-state index contributed by atoms with van der Waals surface area (Å²) in [5.41, 5.74) is 2.78. The Balaban J connectivity index is 1.48. The molecule has 12 heteroatoms. The molecule has 2 N–H and O–H groups in total. The van der Waals surface area contributed by atoms with E-state index in [4.69, 9.17) is 0 Å². The Bertz CT molecular complexity index is 1350. The van der Waals surface area contributed by atoms with E-state index in [-0.39, 0.29) is 19.0 Å². The third-order valence-electron chi connectivity index (χ3n) is 5.28. The number of rotatable bonds is 7. The van der Waals surface area contributed by atoms with Gasteiger partial charge in [0, 0.05) is 23.6 Å². The zero-order chi connectivity index (χ0) is 24.5. The molecule has 10 nitrogen and oxygen atoms in total. The number of nitrogens with one attached hydrogen (secondary N) is 2. The topological polar surface area (TPSA) is 129 Å². The molecule has 3 aromatic rings. The van der Waals surface area contributed by atoms with E-state index in [9.17, 15) is 22.8 Å². The summed E-state index contributed by atoms with van der Waals surface area (Å²) in [6.07, 6.45) is 1.13. The Hall–Kier alpha value is -3.77. The number of anilines is 2. The second-order valence-corrected chi connectivity index (χ2v) is 10.4. The van der Waals surface area contributed by atoms with Crippen LogP contribution in [0.15, 0.2) is 53.9 Å². The van der Waals surface area contributed by atoms with Gasteiger partial charge in [-0.25, -0.2) is 18.2 Å². The fourth-order valence-electron chi connectivity index (χ4n) is 3.33. The third kappa shape index (κ3) is 4.92. The second kappa shape index (κ2) is 9.23. The number of aromatic nitrogens is 1. The number of thiazole rings is 1. The highest BCUT2D eigenvalue weighted by Gasteiger charge is 2.29. The minimum absolute atomic E-state index is 0.00828. The van der Waals surface area contributed by atoms with Crippen molar-refractivity contribution in [3.05, 3.63) is 65.0 Å². The number of amides is 4. The van der Waals surface area contributed by atoms with Gasteiger partial charge in [-0.1, -0.05) is 30.3 Å². The van der Waals surface area contributed by atoms with Gasteiger partial charge < -0.3 is 5.32 Å². The summed E-state index contributed by atoms with van der Waals surface area (Å²) in [6, 6.07) is 13.1. The molecule has 1 fully saturated rings. The van der Waals surface area contributed by atoms with Gasteiger partial charge in [-0.15, -0.1) is 11.3 Å². The monoisotopic (exact) mass is 499 g/mol. The zero-order valence-corrected chi connectivity index (χ0v) is 19.9. The first kappa shape index (κ1) is 23.4. The van der Waals surface area contributed by atoms with Gasteiger partial charge in [0.15, 0.2) is 5.13 Å². The maximum Gasteiger partial charge on any atom is 0.324 e. The van der Waals surface area contributed by atoms with Crippen LogP contribution in [0.25, 0.3) is 11.3 Å². The molecule has 0 spiro atoms. The Kier molecular flexibility index (Phi) is 6.35. The molecular weight excluding hydrogens is 478 g/mol. The molecule has 4 amide bonds. The largest absolute Gasteiger partial charge is 0.329 e. The quantitative estimate of drug-likeness (QED) is 0.481. The minimum Gasteiger partial charge on any atom is -0.329 e. The van der Waals surface area contributed by atoms with Crippen LogP contribution in [0.3, 0.4) is 0 Å². The van der Waals surface area contributed by atoms with Crippen LogP contribution in [-0.2, 0) is 21.4 Å². The van der Waals surface area contributed by atoms with Crippen molar-refractivity contribution in [2.75, 3.05) is 29.5 Å². The molecule has 1 aliphatic rings. The number of nitrogens with zero attached hydrogens (tertiary/aromatic N) is 3. The number of imide groups is 1. The van der Waals surface area contributed by atoms with Crippen LogP contribution >= 0.6 is 11.3 Å². The molecule has 2 aromatic carbocycles. The number of carbonyl (C=O) groups excluding carboxylic acids is 3. The second-order valence-electron chi connectivity index (χ2n) is 7.57. The summed E-state index contributed by atoms with van der Waals surface area (Å²) in [7, 11) is -1.88. The number of hydrogen-bond donors (Lipinski definition) is 2. The first-order valence-corrected chi connectivity index (χ1v) is 12.8. The summed E-state index contributed by atoms with van der Waals surface area (Å²) >= 11 is 1.24. The fraction of sp³-hybridized carbons (Fsp3) is 0.182. The SMILES string of the molecule is CN(c1ccc(-c2csc(NC(=O)c3ccccc3CN3C(=O)CNC3=O)n2)cc1)S(C)(=O)=O. The number of hydrogen-bond acceptors (Lipinski definition) is 7. The molecule has 0 atom stereocenters. The van der Waals surface area contributed by atoms with E-state index in [1.165, 1.54) is 22.7 Å². The third-order valence-corrected chi connectivity index (χ3v) is 7.24. The normalized spacial score (nSPS) is 13.6. The number of sulfonamides is 1. The van der Waals surface area contributed by atoms with Crippen LogP contribution in [-0.4, -0.2) is 56.0 Å². The van der Waals surface area contributed by atoms with E-state index in [1.807, 2.05) is 0 Å². The average Bonchev–Trinajstić information content (AvgIpc) is 3.40. The van der Waals surface area contributed by atoms with Crippen LogP contribution in [0.2, 0.25) is 0 Å². The average molecular weight is 500 g/mol. The molecule has 0 saturated carbocycles. The molecule has 4 rings (SSSR count). The molecule has 1 aliphatic heterocycles. The summed E-state index contributed by atoms with van der Waals surface area (Å²) in [6.45, 7) is -0.0632. The van der Waals surface area contributed by atoms with Gasteiger partial charge in [0.25, 0.3) is 5.91 Å². The minimum atomic E-state index is -3.36. The van der Waals surface area contributed by atoms with E-state index < -0.39 is 22.0 Å². The van der Waals surface area contributed by atoms with Crippen LogP contribution in [0.5, 0.6) is 0 Å². The first-order valence-electron chi connectivity index (χ1n) is 10.1. The van der Waals surface area contributed by atoms with Crippen LogP contribution in [0.1, 0.15) is 15.9 Å². The smallest absolute Gasteiger partial charge is 0.324 e. The van der Waals surface area contributed by atoms with Gasteiger partial charge in [0.1, 0.15) is 0 Å². The summed E-state index contributed by atoms with van der Waals surface area (Å²) in [5, 5.41) is 7.38. The predicted octanol–water partition coefficient (Wildman–Crippen LogP) is 2.51. The highest BCUT2D eigenvalue weighted by Crippen LogP contribution is 2.28. The summed E-state index contributed by atoms with van der Waals surface area (Å²) in [4.78, 5) is 42.2. The molecule has 2 heterocycles. The lowest BCUT2D eigenvalue weighted by Crippen LogP contribution is -2.31. The van der Waals surface area contributed by atoms with Crippen molar-refractivity contribution in [3.8, 4) is 11.3 Å². The lowest BCUT2D eigenvalue weighted by atomic mass is 10.1. The molecule has 34 heavy (non-hydrogen) atoms. The van der Waals surface area contributed by atoms with Crippen LogP contribution < -0.4 is 14.9 Å². The Morgan fingerprint density at radius 3 is 2.53 bits per heavy atom. The van der Waals surface area contributed by atoms with Crippen molar-refractivity contribution >= 4 is 50.0 Å². The number of carbonyl (C=O) groups is 3. The van der Waals surface area contributed by atoms with E-state index in [0.29, 0.717) is 27.6 Å².